The third kappa shape index (κ3) is 2.11. The van der Waals surface area contributed by atoms with Crippen LogP contribution in [0.25, 0.3) is 11.1 Å². The third-order valence-electron chi connectivity index (χ3n) is 2.79. The van der Waals surface area contributed by atoms with Crippen LogP contribution in [0.5, 0.6) is 0 Å². The van der Waals surface area contributed by atoms with Gasteiger partial charge in [-0.05, 0) is 35.4 Å². The summed E-state index contributed by atoms with van der Waals surface area (Å²) in [6, 6.07) is 4.39. The summed E-state index contributed by atoms with van der Waals surface area (Å²) in [5.74, 6) is 1.15. The molecule has 2 aromatic rings. The molecule has 0 atom stereocenters. The van der Waals surface area contributed by atoms with Crippen LogP contribution in [0.15, 0.2) is 22.9 Å². The minimum atomic E-state index is 0.486. The standard InChI is InChI=1S/C14H19NO/c1-9(2)5-11-6-12(10(3)4)14-13(7-11)16-8-15-14/h6-10H,5H2,1-4H3. The van der Waals surface area contributed by atoms with Gasteiger partial charge < -0.3 is 4.42 Å². The highest BCUT2D eigenvalue weighted by Gasteiger charge is 2.11. The van der Waals surface area contributed by atoms with Crippen molar-refractivity contribution >= 4 is 11.1 Å². The maximum atomic E-state index is 5.42. The average Bonchev–Trinajstić information content (AvgIpc) is 2.62. The maximum Gasteiger partial charge on any atom is 0.181 e. The second kappa shape index (κ2) is 4.28. The van der Waals surface area contributed by atoms with Crippen LogP contribution in [-0.4, -0.2) is 4.98 Å². The molecule has 2 rings (SSSR count). The number of oxazole rings is 1. The minimum absolute atomic E-state index is 0.486. The van der Waals surface area contributed by atoms with Crippen LogP contribution in [0.2, 0.25) is 0 Å². The zero-order valence-electron chi connectivity index (χ0n) is 10.4. The molecule has 0 aliphatic rings. The quantitative estimate of drug-likeness (QED) is 0.772. The highest BCUT2D eigenvalue weighted by molar-refractivity contribution is 5.77. The third-order valence-corrected chi connectivity index (χ3v) is 2.79. The molecule has 1 aromatic heterocycles. The fraction of sp³-hybridized carbons (Fsp3) is 0.500. The van der Waals surface area contributed by atoms with Crippen molar-refractivity contribution in [3.63, 3.8) is 0 Å². The minimum Gasteiger partial charge on any atom is -0.443 e. The normalized spacial score (nSPS) is 11.9. The number of nitrogens with zero attached hydrogens (tertiary/aromatic N) is 1. The van der Waals surface area contributed by atoms with Crippen molar-refractivity contribution in [1.29, 1.82) is 0 Å². The van der Waals surface area contributed by atoms with E-state index >= 15 is 0 Å². The van der Waals surface area contributed by atoms with E-state index in [4.69, 9.17) is 4.42 Å². The molecule has 2 heteroatoms. The van der Waals surface area contributed by atoms with Crippen LogP contribution in [0.3, 0.4) is 0 Å². The van der Waals surface area contributed by atoms with Crippen LogP contribution < -0.4 is 0 Å². The molecule has 1 heterocycles. The van der Waals surface area contributed by atoms with E-state index in [2.05, 4.69) is 44.8 Å². The molecular formula is C14H19NO. The first kappa shape index (κ1) is 11.2. The Morgan fingerprint density at radius 1 is 1.19 bits per heavy atom. The van der Waals surface area contributed by atoms with Gasteiger partial charge in [-0.3, -0.25) is 0 Å². The molecule has 1 aromatic carbocycles. The van der Waals surface area contributed by atoms with Crippen LogP contribution in [0.1, 0.15) is 44.7 Å². The van der Waals surface area contributed by atoms with E-state index in [0.717, 1.165) is 17.5 Å². The number of aromatic nitrogens is 1. The second-order valence-corrected chi connectivity index (χ2v) is 5.14. The van der Waals surface area contributed by atoms with Crippen molar-refractivity contribution in [2.24, 2.45) is 5.92 Å². The van der Waals surface area contributed by atoms with Crippen molar-refractivity contribution in [3.05, 3.63) is 29.7 Å². The first-order valence-corrected chi connectivity index (χ1v) is 5.94. The largest absolute Gasteiger partial charge is 0.443 e. The van der Waals surface area contributed by atoms with Gasteiger partial charge in [0, 0.05) is 0 Å². The van der Waals surface area contributed by atoms with Gasteiger partial charge in [0.2, 0.25) is 0 Å². The van der Waals surface area contributed by atoms with E-state index < -0.39 is 0 Å². The van der Waals surface area contributed by atoms with E-state index in [1.54, 1.807) is 0 Å². The Labute approximate surface area is 96.7 Å². The SMILES string of the molecule is CC(C)Cc1cc(C(C)C)c2ncoc2c1. The number of benzene rings is 1. The van der Waals surface area contributed by atoms with E-state index in [1.807, 2.05) is 0 Å². The lowest BCUT2D eigenvalue weighted by molar-refractivity contribution is 0.599. The van der Waals surface area contributed by atoms with Crippen molar-refractivity contribution < 1.29 is 4.42 Å². The first-order valence-electron chi connectivity index (χ1n) is 5.94. The van der Waals surface area contributed by atoms with Crippen LogP contribution in [0.4, 0.5) is 0 Å². The summed E-state index contributed by atoms with van der Waals surface area (Å²) in [7, 11) is 0. The molecule has 86 valence electrons. The summed E-state index contributed by atoms with van der Waals surface area (Å²) in [6.45, 7) is 8.87. The van der Waals surface area contributed by atoms with Gasteiger partial charge in [-0.1, -0.05) is 33.8 Å². The average molecular weight is 217 g/mol. The molecule has 0 unspecified atom stereocenters. The summed E-state index contributed by atoms with van der Waals surface area (Å²) in [5.41, 5.74) is 4.58. The summed E-state index contributed by atoms with van der Waals surface area (Å²) in [6.07, 6.45) is 2.63. The second-order valence-electron chi connectivity index (χ2n) is 5.14. The monoisotopic (exact) mass is 217 g/mol. The Morgan fingerprint density at radius 2 is 1.94 bits per heavy atom. The summed E-state index contributed by atoms with van der Waals surface area (Å²) in [5, 5.41) is 0. The smallest absolute Gasteiger partial charge is 0.181 e. The fourth-order valence-corrected chi connectivity index (χ4v) is 2.08. The molecule has 0 amide bonds. The Hall–Kier alpha value is -1.31. The highest BCUT2D eigenvalue weighted by atomic mass is 16.3. The van der Waals surface area contributed by atoms with Gasteiger partial charge in [0.1, 0.15) is 5.52 Å². The van der Waals surface area contributed by atoms with Gasteiger partial charge >= 0.3 is 0 Å². The number of fused-ring (bicyclic) bond motifs is 1. The fourth-order valence-electron chi connectivity index (χ4n) is 2.08. The molecule has 0 saturated heterocycles. The van der Waals surface area contributed by atoms with Gasteiger partial charge in [-0.15, -0.1) is 0 Å². The van der Waals surface area contributed by atoms with E-state index in [0.29, 0.717) is 11.8 Å². The molecule has 0 radical (unpaired) electrons. The molecule has 0 aliphatic heterocycles. The lowest BCUT2D eigenvalue weighted by Gasteiger charge is -2.10. The molecule has 2 nitrogen and oxygen atoms in total. The maximum absolute atomic E-state index is 5.42. The van der Waals surface area contributed by atoms with Gasteiger partial charge in [-0.2, -0.15) is 0 Å². The van der Waals surface area contributed by atoms with Crippen molar-refractivity contribution in [2.45, 2.75) is 40.0 Å². The van der Waals surface area contributed by atoms with Gasteiger partial charge in [0.05, 0.1) is 0 Å². The lowest BCUT2D eigenvalue weighted by Crippen LogP contribution is -1.97. The summed E-state index contributed by atoms with van der Waals surface area (Å²) in [4.78, 5) is 4.29. The lowest BCUT2D eigenvalue weighted by atomic mass is 9.95. The Kier molecular flexibility index (Phi) is 2.99. The predicted molar refractivity (Wildman–Crippen MR) is 66.6 cm³/mol. The number of hydrogen-bond donors (Lipinski definition) is 0. The molecule has 0 N–H and O–H groups in total. The Bertz CT molecular complexity index is 482. The van der Waals surface area contributed by atoms with Crippen LogP contribution >= 0.6 is 0 Å². The molecule has 16 heavy (non-hydrogen) atoms. The molecule has 0 bridgehead atoms. The van der Waals surface area contributed by atoms with Gasteiger partial charge in [-0.25, -0.2) is 4.98 Å². The summed E-state index contributed by atoms with van der Waals surface area (Å²) >= 11 is 0. The summed E-state index contributed by atoms with van der Waals surface area (Å²) < 4.78 is 5.42. The van der Waals surface area contributed by atoms with Crippen LogP contribution in [-0.2, 0) is 6.42 Å². The zero-order chi connectivity index (χ0) is 11.7. The first-order chi connectivity index (χ1) is 7.58. The highest BCUT2D eigenvalue weighted by Crippen LogP contribution is 2.27. The van der Waals surface area contributed by atoms with Crippen molar-refractivity contribution in [3.8, 4) is 0 Å². The van der Waals surface area contributed by atoms with Gasteiger partial charge in [0.15, 0.2) is 12.0 Å². The van der Waals surface area contributed by atoms with E-state index in [1.165, 1.54) is 17.5 Å². The van der Waals surface area contributed by atoms with Crippen LogP contribution in [0, 0.1) is 5.92 Å². The topological polar surface area (TPSA) is 26.0 Å². The number of rotatable bonds is 3. The van der Waals surface area contributed by atoms with E-state index in [-0.39, 0.29) is 0 Å². The van der Waals surface area contributed by atoms with Crippen molar-refractivity contribution in [2.75, 3.05) is 0 Å². The predicted octanol–water partition coefficient (Wildman–Crippen LogP) is 4.15. The van der Waals surface area contributed by atoms with Crippen molar-refractivity contribution in [1.82, 2.24) is 4.98 Å². The molecular weight excluding hydrogens is 198 g/mol. The Balaban J connectivity index is 2.53. The Morgan fingerprint density at radius 3 is 2.56 bits per heavy atom. The van der Waals surface area contributed by atoms with E-state index in [9.17, 15) is 0 Å². The molecule has 0 fully saturated rings. The molecule has 0 saturated carbocycles. The molecule has 0 spiro atoms. The molecule has 0 aliphatic carbocycles. The zero-order valence-corrected chi connectivity index (χ0v) is 10.4. The number of hydrogen-bond acceptors (Lipinski definition) is 2. The van der Waals surface area contributed by atoms with Gasteiger partial charge in [0.25, 0.3) is 0 Å².